The monoisotopic (exact) mass is 480 g/mol. The molecule has 3 aromatic rings. The standard InChI is InChI=1S/C28H30Cl2N2O/c29-24-12-11-23(27(30)20-24)19-28(33)31-25-13-16-32(17-14-25)18-15-26(21-7-3-1-4-8-21)22-9-5-2-6-10-22/h1-12,20,25-26H,13-19H2,(H,31,33). The van der Waals surface area contributed by atoms with E-state index in [0.29, 0.717) is 16.0 Å². The number of rotatable bonds is 8. The van der Waals surface area contributed by atoms with Crippen LogP contribution < -0.4 is 5.32 Å². The number of carbonyl (C=O) groups is 1. The summed E-state index contributed by atoms with van der Waals surface area (Å²) >= 11 is 12.2. The van der Waals surface area contributed by atoms with Crippen LogP contribution in [0.3, 0.4) is 0 Å². The predicted octanol–water partition coefficient (Wildman–Crippen LogP) is 6.34. The largest absolute Gasteiger partial charge is 0.353 e. The smallest absolute Gasteiger partial charge is 0.224 e. The summed E-state index contributed by atoms with van der Waals surface area (Å²) in [6, 6.07) is 27.0. The van der Waals surface area contributed by atoms with Crippen LogP contribution >= 0.6 is 23.2 Å². The zero-order valence-corrected chi connectivity index (χ0v) is 20.2. The summed E-state index contributed by atoms with van der Waals surface area (Å²) in [7, 11) is 0. The average molecular weight is 481 g/mol. The molecule has 1 N–H and O–H groups in total. The molecule has 172 valence electrons. The summed E-state index contributed by atoms with van der Waals surface area (Å²) in [5.74, 6) is 0.417. The van der Waals surface area contributed by atoms with Crippen LogP contribution in [0.2, 0.25) is 10.0 Å². The van der Waals surface area contributed by atoms with Crippen LogP contribution in [0.4, 0.5) is 0 Å². The molecule has 0 spiro atoms. The van der Waals surface area contributed by atoms with Crippen molar-refractivity contribution in [3.05, 3.63) is 106 Å². The van der Waals surface area contributed by atoms with Gasteiger partial charge in [-0.1, -0.05) is 89.9 Å². The second kappa shape index (κ2) is 11.7. The number of carbonyl (C=O) groups excluding carboxylic acids is 1. The van der Waals surface area contributed by atoms with Gasteiger partial charge in [0.25, 0.3) is 0 Å². The van der Waals surface area contributed by atoms with Crippen molar-refractivity contribution < 1.29 is 4.79 Å². The van der Waals surface area contributed by atoms with Gasteiger partial charge in [0.05, 0.1) is 6.42 Å². The van der Waals surface area contributed by atoms with Gasteiger partial charge in [-0.2, -0.15) is 0 Å². The number of halogens is 2. The predicted molar refractivity (Wildman–Crippen MR) is 137 cm³/mol. The van der Waals surface area contributed by atoms with Crippen molar-refractivity contribution in [2.24, 2.45) is 0 Å². The Balaban J connectivity index is 1.26. The molecule has 0 aliphatic carbocycles. The third kappa shape index (κ3) is 6.83. The molecule has 0 radical (unpaired) electrons. The first-order valence-electron chi connectivity index (χ1n) is 11.6. The maximum atomic E-state index is 12.5. The van der Waals surface area contributed by atoms with Crippen molar-refractivity contribution in [3.8, 4) is 0 Å². The highest BCUT2D eigenvalue weighted by atomic mass is 35.5. The molecule has 1 saturated heterocycles. The molecule has 1 amide bonds. The first-order valence-corrected chi connectivity index (χ1v) is 12.4. The van der Waals surface area contributed by atoms with E-state index in [2.05, 4.69) is 70.9 Å². The van der Waals surface area contributed by atoms with Gasteiger partial charge in [-0.05, 0) is 54.6 Å². The molecule has 3 aromatic carbocycles. The summed E-state index contributed by atoms with van der Waals surface area (Å²) in [6.45, 7) is 3.06. The minimum absolute atomic E-state index is 0.0193. The molecule has 4 rings (SSSR count). The number of nitrogens with one attached hydrogen (secondary N) is 1. The van der Waals surface area contributed by atoms with Crippen LogP contribution in [0, 0.1) is 0 Å². The van der Waals surface area contributed by atoms with E-state index in [0.717, 1.165) is 44.5 Å². The lowest BCUT2D eigenvalue weighted by atomic mass is 9.88. The number of hydrogen-bond donors (Lipinski definition) is 1. The summed E-state index contributed by atoms with van der Waals surface area (Å²) in [5, 5.41) is 4.31. The Morgan fingerprint density at radius 1 is 0.909 bits per heavy atom. The summed E-state index contributed by atoms with van der Waals surface area (Å²) in [5.41, 5.74) is 3.54. The van der Waals surface area contributed by atoms with Gasteiger partial charge < -0.3 is 10.2 Å². The highest BCUT2D eigenvalue weighted by molar-refractivity contribution is 6.35. The van der Waals surface area contributed by atoms with Crippen LogP contribution in [0.25, 0.3) is 0 Å². The molecule has 0 bridgehead atoms. The molecule has 0 saturated carbocycles. The minimum atomic E-state index is 0.0193. The number of nitrogens with zero attached hydrogens (tertiary/aromatic N) is 1. The van der Waals surface area contributed by atoms with Crippen LogP contribution in [0.5, 0.6) is 0 Å². The number of piperidine rings is 1. The van der Waals surface area contributed by atoms with Gasteiger partial charge in [0, 0.05) is 35.1 Å². The third-order valence-corrected chi connectivity index (χ3v) is 7.04. The van der Waals surface area contributed by atoms with E-state index in [4.69, 9.17) is 23.2 Å². The minimum Gasteiger partial charge on any atom is -0.353 e. The fraction of sp³-hybridized carbons (Fsp3) is 0.321. The average Bonchev–Trinajstić information content (AvgIpc) is 2.83. The van der Waals surface area contributed by atoms with E-state index in [1.165, 1.54) is 11.1 Å². The summed E-state index contributed by atoms with van der Waals surface area (Å²) in [6.07, 6.45) is 3.31. The second-order valence-electron chi connectivity index (χ2n) is 8.76. The maximum Gasteiger partial charge on any atom is 0.224 e. The summed E-state index contributed by atoms with van der Waals surface area (Å²) < 4.78 is 0. The number of amides is 1. The Hall–Kier alpha value is -2.33. The lowest BCUT2D eigenvalue weighted by molar-refractivity contribution is -0.121. The van der Waals surface area contributed by atoms with E-state index in [9.17, 15) is 4.79 Å². The zero-order chi connectivity index (χ0) is 23.0. The molecule has 1 heterocycles. The van der Waals surface area contributed by atoms with Crippen molar-refractivity contribution >= 4 is 29.1 Å². The maximum absolute atomic E-state index is 12.5. The molecule has 3 nitrogen and oxygen atoms in total. The van der Waals surface area contributed by atoms with Crippen molar-refractivity contribution in [2.45, 2.75) is 37.6 Å². The molecular formula is C28H30Cl2N2O. The fourth-order valence-corrected chi connectivity index (χ4v) is 5.10. The number of benzene rings is 3. The number of hydrogen-bond acceptors (Lipinski definition) is 2. The van der Waals surface area contributed by atoms with Gasteiger partial charge in [-0.25, -0.2) is 0 Å². The van der Waals surface area contributed by atoms with E-state index >= 15 is 0 Å². The lowest BCUT2D eigenvalue weighted by Gasteiger charge is -2.33. The van der Waals surface area contributed by atoms with E-state index in [1.807, 2.05) is 6.07 Å². The van der Waals surface area contributed by atoms with Crippen LogP contribution in [0.15, 0.2) is 78.9 Å². The van der Waals surface area contributed by atoms with E-state index < -0.39 is 0 Å². The Labute approximate surface area is 206 Å². The van der Waals surface area contributed by atoms with Crippen molar-refractivity contribution in [3.63, 3.8) is 0 Å². The molecule has 0 aromatic heterocycles. The van der Waals surface area contributed by atoms with Gasteiger partial charge in [0.1, 0.15) is 0 Å². The van der Waals surface area contributed by atoms with Crippen LogP contribution in [-0.2, 0) is 11.2 Å². The van der Waals surface area contributed by atoms with Crippen molar-refractivity contribution in [2.75, 3.05) is 19.6 Å². The lowest BCUT2D eigenvalue weighted by Crippen LogP contribution is -2.45. The molecular weight excluding hydrogens is 451 g/mol. The first kappa shape index (κ1) is 23.8. The molecule has 1 fully saturated rings. The van der Waals surface area contributed by atoms with Gasteiger partial charge in [-0.3, -0.25) is 4.79 Å². The van der Waals surface area contributed by atoms with Gasteiger partial charge in [0.2, 0.25) is 5.91 Å². The third-order valence-electron chi connectivity index (χ3n) is 6.46. The normalized spacial score (nSPS) is 15.0. The van der Waals surface area contributed by atoms with Gasteiger partial charge >= 0.3 is 0 Å². The number of likely N-dealkylation sites (tertiary alicyclic amines) is 1. The first-order chi connectivity index (χ1) is 16.1. The van der Waals surface area contributed by atoms with Crippen molar-refractivity contribution in [1.82, 2.24) is 10.2 Å². The van der Waals surface area contributed by atoms with E-state index in [1.54, 1.807) is 12.1 Å². The summed E-state index contributed by atoms with van der Waals surface area (Å²) in [4.78, 5) is 15.0. The Morgan fingerprint density at radius 2 is 1.52 bits per heavy atom. The second-order valence-corrected chi connectivity index (χ2v) is 9.60. The van der Waals surface area contributed by atoms with Crippen LogP contribution in [-0.4, -0.2) is 36.5 Å². The highest BCUT2D eigenvalue weighted by Gasteiger charge is 2.22. The van der Waals surface area contributed by atoms with Gasteiger partial charge in [-0.15, -0.1) is 0 Å². The Bertz CT molecular complexity index is 995. The van der Waals surface area contributed by atoms with E-state index in [-0.39, 0.29) is 18.4 Å². The molecule has 0 atom stereocenters. The van der Waals surface area contributed by atoms with Crippen LogP contribution in [0.1, 0.15) is 41.9 Å². The highest BCUT2D eigenvalue weighted by Crippen LogP contribution is 2.28. The molecule has 0 unspecified atom stereocenters. The quantitative estimate of drug-likeness (QED) is 0.407. The fourth-order valence-electron chi connectivity index (χ4n) is 4.63. The van der Waals surface area contributed by atoms with Crippen molar-refractivity contribution in [1.29, 1.82) is 0 Å². The topological polar surface area (TPSA) is 32.3 Å². The molecule has 5 heteroatoms. The molecule has 33 heavy (non-hydrogen) atoms. The Kier molecular flexibility index (Phi) is 8.44. The SMILES string of the molecule is O=C(Cc1ccc(Cl)cc1Cl)NC1CCN(CCC(c2ccccc2)c2ccccc2)CC1. The van der Waals surface area contributed by atoms with Gasteiger partial charge in [0.15, 0.2) is 0 Å². The zero-order valence-electron chi connectivity index (χ0n) is 18.7. The molecule has 1 aliphatic heterocycles. The molecule has 1 aliphatic rings. The Morgan fingerprint density at radius 3 is 2.09 bits per heavy atom.